The molecule has 0 aliphatic heterocycles. The van der Waals surface area contributed by atoms with Crippen molar-refractivity contribution in [2.75, 3.05) is 20.3 Å². The van der Waals surface area contributed by atoms with Crippen molar-refractivity contribution in [2.45, 2.75) is 18.9 Å². The fraction of sp³-hybridized carbons (Fsp3) is 0.182. The molecule has 9 heteroatoms. The van der Waals surface area contributed by atoms with E-state index < -0.39 is 11.8 Å². The molecular weight excluding hydrogens is 555 g/mol. The maximum atomic E-state index is 14.5. The molecule has 0 aliphatic rings. The number of hydrogen-bond acceptors (Lipinski definition) is 4. The molecule has 7 nitrogen and oxygen atoms in total. The maximum absolute atomic E-state index is 14.5. The summed E-state index contributed by atoms with van der Waals surface area (Å²) in [7, 11) is 1.20. The van der Waals surface area contributed by atoms with Gasteiger partial charge in [-0.15, -0.1) is 0 Å². The zero-order valence-electron chi connectivity index (χ0n) is 22.9. The standard InChI is InChI=1S/C33H28ClFN4O3/c1-41-33(40)27-14-13-25(21-29(27)35)42-19-17-26-28-20-24(34)12-15-30(28)39(31(26)16-18-37-38-36)32(22-8-4-2-5-9-22)23-10-6-3-7-11-23/h2-15,20-21,32H,16-19H2,1H3. The first-order valence-corrected chi connectivity index (χ1v) is 13.8. The van der Waals surface area contributed by atoms with Crippen molar-refractivity contribution < 1.29 is 18.7 Å². The first-order valence-electron chi connectivity index (χ1n) is 13.4. The highest BCUT2D eigenvalue weighted by Crippen LogP contribution is 2.38. The second-order valence-electron chi connectivity index (χ2n) is 9.62. The fourth-order valence-corrected chi connectivity index (χ4v) is 5.52. The van der Waals surface area contributed by atoms with Gasteiger partial charge >= 0.3 is 5.97 Å². The minimum absolute atomic E-state index is 0.157. The SMILES string of the molecule is COC(=O)c1ccc(OCCc2c(CCN=[N+]=[N-])n(C(c3ccccc3)c3ccccc3)c3ccc(Cl)cc23)cc1F. The predicted molar refractivity (Wildman–Crippen MR) is 162 cm³/mol. The van der Waals surface area contributed by atoms with Gasteiger partial charge in [-0.3, -0.25) is 0 Å². The molecule has 0 saturated heterocycles. The molecular formula is C33H28ClFN4O3. The van der Waals surface area contributed by atoms with Gasteiger partial charge in [-0.1, -0.05) is 77.4 Å². The van der Waals surface area contributed by atoms with Crippen LogP contribution in [0.5, 0.6) is 5.75 Å². The molecule has 0 saturated carbocycles. The van der Waals surface area contributed by atoms with Crippen molar-refractivity contribution >= 4 is 28.5 Å². The highest BCUT2D eigenvalue weighted by atomic mass is 35.5. The quantitative estimate of drug-likeness (QED) is 0.0678. The summed E-state index contributed by atoms with van der Waals surface area (Å²) >= 11 is 6.51. The summed E-state index contributed by atoms with van der Waals surface area (Å²) in [4.78, 5) is 14.7. The fourth-order valence-electron chi connectivity index (χ4n) is 5.35. The third kappa shape index (κ3) is 6.10. The van der Waals surface area contributed by atoms with E-state index in [1.165, 1.54) is 19.2 Å². The molecule has 0 amide bonds. The molecule has 0 radical (unpaired) electrons. The maximum Gasteiger partial charge on any atom is 0.340 e. The van der Waals surface area contributed by atoms with E-state index in [1.807, 2.05) is 54.6 Å². The summed E-state index contributed by atoms with van der Waals surface area (Å²) in [5.41, 5.74) is 14.1. The number of azide groups is 1. The van der Waals surface area contributed by atoms with E-state index >= 15 is 0 Å². The molecule has 212 valence electrons. The van der Waals surface area contributed by atoms with Crippen LogP contribution < -0.4 is 4.74 Å². The van der Waals surface area contributed by atoms with Gasteiger partial charge in [0.15, 0.2) is 0 Å². The van der Waals surface area contributed by atoms with E-state index in [-0.39, 0.29) is 24.8 Å². The summed E-state index contributed by atoms with van der Waals surface area (Å²) in [6, 6.07) is 30.2. The summed E-state index contributed by atoms with van der Waals surface area (Å²) in [6.45, 7) is 0.503. The Morgan fingerprint density at radius 3 is 2.29 bits per heavy atom. The Kier molecular flexibility index (Phi) is 9.07. The molecule has 0 aliphatic carbocycles. The first-order chi connectivity index (χ1) is 20.5. The average molecular weight is 583 g/mol. The van der Waals surface area contributed by atoms with Crippen LogP contribution in [-0.4, -0.2) is 30.8 Å². The van der Waals surface area contributed by atoms with Crippen LogP contribution in [0.4, 0.5) is 4.39 Å². The number of esters is 1. The summed E-state index contributed by atoms with van der Waals surface area (Å²) in [5.74, 6) is -1.17. The number of carbonyl (C=O) groups is 1. The molecule has 0 atom stereocenters. The van der Waals surface area contributed by atoms with Crippen LogP contribution in [-0.2, 0) is 17.6 Å². The lowest BCUT2D eigenvalue weighted by molar-refractivity contribution is 0.0595. The molecule has 42 heavy (non-hydrogen) atoms. The highest BCUT2D eigenvalue weighted by Gasteiger charge is 2.25. The summed E-state index contributed by atoms with van der Waals surface area (Å²) in [6.07, 6.45) is 0.969. The van der Waals surface area contributed by atoms with E-state index in [9.17, 15) is 9.18 Å². The van der Waals surface area contributed by atoms with Crippen LogP contribution >= 0.6 is 11.6 Å². The van der Waals surface area contributed by atoms with Gasteiger partial charge in [0.05, 0.1) is 25.3 Å². The lowest BCUT2D eigenvalue weighted by Crippen LogP contribution is -2.16. The Bertz CT molecular complexity index is 1710. The van der Waals surface area contributed by atoms with E-state index in [0.29, 0.717) is 23.6 Å². The molecule has 1 heterocycles. The van der Waals surface area contributed by atoms with Crippen LogP contribution in [0.1, 0.15) is 38.8 Å². The van der Waals surface area contributed by atoms with Crippen LogP contribution in [0.15, 0.2) is 102 Å². The van der Waals surface area contributed by atoms with Gasteiger partial charge in [0.1, 0.15) is 11.6 Å². The van der Waals surface area contributed by atoms with E-state index in [4.69, 9.17) is 21.9 Å². The van der Waals surface area contributed by atoms with E-state index in [1.54, 1.807) is 6.07 Å². The number of ether oxygens (including phenoxy) is 2. The number of aromatic nitrogens is 1. The highest BCUT2D eigenvalue weighted by molar-refractivity contribution is 6.31. The average Bonchev–Trinajstić information content (AvgIpc) is 3.30. The number of methoxy groups -OCH3 is 1. The number of benzene rings is 4. The minimum Gasteiger partial charge on any atom is -0.493 e. The van der Waals surface area contributed by atoms with Crippen LogP contribution in [0, 0.1) is 5.82 Å². The Morgan fingerprint density at radius 1 is 0.976 bits per heavy atom. The number of halogens is 2. The number of hydrogen-bond donors (Lipinski definition) is 0. The number of carbonyl (C=O) groups excluding carboxylic acids is 1. The lowest BCUT2D eigenvalue weighted by Gasteiger charge is -2.25. The second-order valence-corrected chi connectivity index (χ2v) is 10.1. The number of rotatable bonds is 11. The summed E-state index contributed by atoms with van der Waals surface area (Å²) in [5, 5.41) is 5.40. The third-order valence-corrected chi connectivity index (χ3v) is 7.38. The van der Waals surface area contributed by atoms with Gasteiger partial charge in [0, 0.05) is 45.6 Å². The van der Waals surface area contributed by atoms with Crippen molar-refractivity contribution in [3.05, 3.63) is 146 Å². The minimum atomic E-state index is -0.750. The molecule has 0 N–H and O–H groups in total. The Labute approximate surface area is 247 Å². The van der Waals surface area contributed by atoms with Crippen molar-refractivity contribution in [3.63, 3.8) is 0 Å². The first kappa shape index (κ1) is 28.7. The second kappa shape index (κ2) is 13.3. The van der Waals surface area contributed by atoms with Crippen LogP contribution in [0.3, 0.4) is 0 Å². The van der Waals surface area contributed by atoms with Gasteiger partial charge in [-0.05, 0) is 59.0 Å². The molecule has 1 aromatic heterocycles. The van der Waals surface area contributed by atoms with Gasteiger partial charge < -0.3 is 14.0 Å². The van der Waals surface area contributed by atoms with Crippen molar-refractivity contribution in [1.82, 2.24) is 4.57 Å². The van der Waals surface area contributed by atoms with Crippen LogP contribution in [0.2, 0.25) is 5.02 Å². The predicted octanol–water partition coefficient (Wildman–Crippen LogP) is 8.33. The van der Waals surface area contributed by atoms with Crippen molar-refractivity contribution in [1.29, 1.82) is 0 Å². The molecule has 0 spiro atoms. The lowest BCUT2D eigenvalue weighted by atomic mass is 9.97. The molecule has 0 fully saturated rings. The Morgan fingerprint density at radius 2 is 1.67 bits per heavy atom. The molecule has 5 rings (SSSR count). The van der Waals surface area contributed by atoms with E-state index in [0.717, 1.165) is 33.3 Å². The van der Waals surface area contributed by atoms with Gasteiger partial charge in [-0.2, -0.15) is 0 Å². The number of nitrogens with zero attached hydrogens (tertiary/aromatic N) is 4. The van der Waals surface area contributed by atoms with Gasteiger partial charge in [0.25, 0.3) is 0 Å². The molecule has 0 unspecified atom stereocenters. The third-order valence-electron chi connectivity index (χ3n) is 7.15. The Balaban J connectivity index is 1.60. The zero-order valence-corrected chi connectivity index (χ0v) is 23.7. The van der Waals surface area contributed by atoms with Gasteiger partial charge in [-0.25, -0.2) is 9.18 Å². The smallest absolute Gasteiger partial charge is 0.340 e. The summed E-state index contributed by atoms with van der Waals surface area (Å²) < 4.78 is 27.4. The topological polar surface area (TPSA) is 89.2 Å². The van der Waals surface area contributed by atoms with Crippen molar-refractivity contribution in [3.8, 4) is 5.75 Å². The molecule has 0 bridgehead atoms. The Hall–Kier alpha value is -4.78. The largest absolute Gasteiger partial charge is 0.493 e. The van der Waals surface area contributed by atoms with Gasteiger partial charge in [0.2, 0.25) is 0 Å². The molecule has 4 aromatic carbocycles. The monoisotopic (exact) mass is 582 g/mol. The normalized spacial score (nSPS) is 11.0. The van der Waals surface area contributed by atoms with E-state index in [2.05, 4.69) is 43.6 Å². The zero-order chi connectivity index (χ0) is 29.5. The number of fused-ring (bicyclic) bond motifs is 1. The molecule has 5 aromatic rings. The van der Waals surface area contributed by atoms with Crippen molar-refractivity contribution in [2.24, 2.45) is 5.11 Å². The van der Waals surface area contributed by atoms with Crippen LogP contribution in [0.25, 0.3) is 21.3 Å².